The van der Waals surface area contributed by atoms with Crippen LogP contribution in [0, 0.1) is 0 Å². The predicted molar refractivity (Wildman–Crippen MR) is 111 cm³/mol. The quantitative estimate of drug-likeness (QED) is 0.646. The van der Waals surface area contributed by atoms with Gasteiger partial charge < -0.3 is 20.1 Å². The summed E-state index contributed by atoms with van der Waals surface area (Å²) < 4.78 is 10.6. The standard InChI is InChI=1S/C23H28N2O4/c1-17(10-11-18-6-3-2-4-7-18)25-23(27)9-5-8-22(26)24-15-19-12-13-20-21(14-19)29-16-28-20/h2-4,6-7,12-14,17H,5,8-11,15-16H2,1H3,(H,24,26)(H,25,27)/t17-/m0/s1. The maximum Gasteiger partial charge on any atom is 0.231 e. The van der Waals surface area contributed by atoms with Crippen molar-refractivity contribution in [3.05, 3.63) is 59.7 Å². The van der Waals surface area contributed by atoms with Gasteiger partial charge in [-0.2, -0.15) is 0 Å². The first-order valence-electron chi connectivity index (χ1n) is 10.1. The third-order valence-electron chi connectivity index (χ3n) is 4.85. The lowest BCUT2D eigenvalue weighted by Gasteiger charge is -2.14. The molecule has 1 atom stereocenters. The van der Waals surface area contributed by atoms with E-state index in [1.54, 1.807) is 0 Å². The summed E-state index contributed by atoms with van der Waals surface area (Å²) in [6.07, 6.45) is 3.05. The SMILES string of the molecule is C[C@@H](CCc1ccccc1)NC(=O)CCCC(=O)NCc1ccc2c(c1)OCO2. The van der Waals surface area contributed by atoms with Gasteiger partial charge in [-0.15, -0.1) is 0 Å². The molecule has 2 N–H and O–H groups in total. The van der Waals surface area contributed by atoms with Gasteiger partial charge in [-0.25, -0.2) is 0 Å². The number of nitrogens with one attached hydrogen (secondary N) is 2. The van der Waals surface area contributed by atoms with Crippen molar-refractivity contribution in [2.45, 2.75) is 51.6 Å². The summed E-state index contributed by atoms with van der Waals surface area (Å²) in [6, 6.07) is 16.0. The van der Waals surface area contributed by atoms with E-state index in [4.69, 9.17) is 9.47 Å². The number of rotatable bonds is 10. The zero-order valence-corrected chi connectivity index (χ0v) is 16.8. The fraction of sp³-hybridized carbons (Fsp3) is 0.391. The number of carbonyl (C=O) groups excluding carboxylic acids is 2. The van der Waals surface area contributed by atoms with Gasteiger partial charge in [-0.3, -0.25) is 9.59 Å². The molecule has 2 amide bonds. The Bertz CT molecular complexity index is 823. The van der Waals surface area contributed by atoms with Gasteiger partial charge in [0.25, 0.3) is 0 Å². The van der Waals surface area contributed by atoms with Crippen LogP contribution in [0.3, 0.4) is 0 Å². The molecule has 6 nitrogen and oxygen atoms in total. The van der Waals surface area contributed by atoms with Crippen LogP contribution in [-0.4, -0.2) is 24.6 Å². The van der Waals surface area contributed by atoms with Gasteiger partial charge in [0.05, 0.1) is 0 Å². The molecule has 0 spiro atoms. The highest BCUT2D eigenvalue weighted by Gasteiger charge is 2.13. The van der Waals surface area contributed by atoms with Crippen LogP contribution >= 0.6 is 0 Å². The van der Waals surface area contributed by atoms with Gasteiger partial charge in [0.2, 0.25) is 18.6 Å². The Labute approximate surface area is 171 Å². The summed E-state index contributed by atoms with van der Waals surface area (Å²) in [5, 5.41) is 5.89. The van der Waals surface area contributed by atoms with Crippen molar-refractivity contribution in [2.75, 3.05) is 6.79 Å². The largest absolute Gasteiger partial charge is 0.454 e. The number of hydrogen-bond acceptors (Lipinski definition) is 4. The summed E-state index contributed by atoms with van der Waals surface area (Å²) in [5.74, 6) is 1.36. The molecule has 2 aromatic carbocycles. The Morgan fingerprint density at radius 3 is 2.55 bits per heavy atom. The van der Waals surface area contributed by atoms with E-state index in [9.17, 15) is 9.59 Å². The highest BCUT2D eigenvalue weighted by atomic mass is 16.7. The maximum absolute atomic E-state index is 12.1. The minimum absolute atomic E-state index is 0.00543. The number of benzene rings is 2. The van der Waals surface area contributed by atoms with Crippen molar-refractivity contribution in [1.29, 1.82) is 0 Å². The van der Waals surface area contributed by atoms with E-state index in [1.807, 2.05) is 43.3 Å². The average molecular weight is 396 g/mol. The molecule has 3 rings (SSSR count). The maximum atomic E-state index is 12.1. The Hall–Kier alpha value is -3.02. The Morgan fingerprint density at radius 1 is 0.966 bits per heavy atom. The van der Waals surface area contributed by atoms with E-state index in [0.29, 0.717) is 31.6 Å². The van der Waals surface area contributed by atoms with Crippen LogP contribution in [-0.2, 0) is 22.6 Å². The molecule has 154 valence electrons. The van der Waals surface area contributed by atoms with Gasteiger partial charge in [0, 0.05) is 25.4 Å². The predicted octanol–water partition coefficient (Wildman–Crippen LogP) is 3.34. The first kappa shape index (κ1) is 20.7. The molecule has 29 heavy (non-hydrogen) atoms. The molecule has 1 heterocycles. The molecule has 0 unspecified atom stereocenters. The lowest BCUT2D eigenvalue weighted by molar-refractivity contribution is -0.122. The van der Waals surface area contributed by atoms with Crippen LogP contribution in [0.2, 0.25) is 0 Å². The molecule has 0 saturated carbocycles. The fourth-order valence-electron chi connectivity index (χ4n) is 3.20. The summed E-state index contributed by atoms with van der Waals surface area (Å²) in [7, 11) is 0. The molecule has 0 radical (unpaired) electrons. The summed E-state index contributed by atoms with van der Waals surface area (Å²) in [4.78, 5) is 24.1. The first-order valence-corrected chi connectivity index (χ1v) is 10.1. The molecule has 0 fully saturated rings. The van der Waals surface area contributed by atoms with Crippen LogP contribution < -0.4 is 20.1 Å². The second-order valence-corrected chi connectivity index (χ2v) is 7.31. The lowest BCUT2D eigenvalue weighted by Crippen LogP contribution is -2.33. The minimum atomic E-state index is -0.0624. The lowest BCUT2D eigenvalue weighted by atomic mass is 10.1. The van der Waals surface area contributed by atoms with E-state index in [0.717, 1.165) is 24.2 Å². The monoisotopic (exact) mass is 396 g/mol. The minimum Gasteiger partial charge on any atom is -0.454 e. The Kier molecular flexibility index (Phi) is 7.50. The molecule has 0 saturated heterocycles. The van der Waals surface area contributed by atoms with Crippen LogP contribution in [0.1, 0.15) is 43.7 Å². The van der Waals surface area contributed by atoms with Crippen LogP contribution in [0.25, 0.3) is 0 Å². The first-order chi connectivity index (χ1) is 14.1. The molecular weight excluding hydrogens is 368 g/mol. The number of fused-ring (bicyclic) bond motifs is 1. The van der Waals surface area contributed by atoms with E-state index in [1.165, 1.54) is 5.56 Å². The zero-order chi connectivity index (χ0) is 20.5. The fourth-order valence-corrected chi connectivity index (χ4v) is 3.20. The van der Waals surface area contributed by atoms with E-state index in [-0.39, 0.29) is 24.6 Å². The van der Waals surface area contributed by atoms with Crippen molar-refractivity contribution in [3.8, 4) is 11.5 Å². The average Bonchev–Trinajstić information content (AvgIpc) is 3.19. The molecule has 2 aromatic rings. The molecule has 6 heteroatoms. The topological polar surface area (TPSA) is 76.7 Å². The summed E-state index contributed by atoms with van der Waals surface area (Å²) in [6.45, 7) is 2.68. The van der Waals surface area contributed by atoms with Gasteiger partial charge in [0.1, 0.15) is 0 Å². The molecule has 0 aliphatic carbocycles. The third-order valence-corrected chi connectivity index (χ3v) is 4.85. The van der Waals surface area contributed by atoms with Crippen LogP contribution in [0.15, 0.2) is 48.5 Å². The zero-order valence-electron chi connectivity index (χ0n) is 16.8. The van der Waals surface area contributed by atoms with E-state index in [2.05, 4.69) is 22.8 Å². The Balaban J connectivity index is 1.28. The second-order valence-electron chi connectivity index (χ2n) is 7.31. The number of amides is 2. The summed E-state index contributed by atoms with van der Waals surface area (Å²) >= 11 is 0. The highest BCUT2D eigenvalue weighted by Crippen LogP contribution is 2.32. The highest BCUT2D eigenvalue weighted by molar-refractivity contribution is 5.79. The summed E-state index contributed by atoms with van der Waals surface area (Å²) in [5.41, 5.74) is 2.22. The number of ether oxygens (including phenoxy) is 2. The molecule has 1 aliphatic rings. The van der Waals surface area contributed by atoms with Crippen LogP contribution in [0.4, 0.5) is 0 Å². The van der Waals surface area contributed by atoms with Gasteiger partial charge in [-0.05, 0) is 49.4 Å². The van der Waals surface area contributed by atoms with Crippen molar-refractivity contribution >= 4 is 11.8 Å². The molecule has 0 aromatic heterocycles. The third kappa shape index (κ3) is 6.82. The van der Waals surface area contributed by atoms with Crippen molar-refractivity contribution < 1.29 is 19.1 Å². The van der Waals surface area contributed by atoms with Crippen molar-refractivity contribution in [1.82, 2.24) is 10.6 Å². The van der Waals surface area contributed by atoms with Crippen LogP contribution in [0.5, 0.6) is 11.5 Å². The second kappa shape index (κ2) is 10.5. The molecular formula is C23H28N2O4. The normalized spacial score (nSPS) is 13.0. The number of aryl methyl sites for hydroxylation is 1. The van der Waals surface area contributed by atoms with Gasteiger partial charge >= 0.3 is 0 Å². The van der Waals surface area contributed by atoms with E-state index >= 15 is 0 Å². The smallest absolute Gasteiger partial charge is 0.231 e. The molecule has 0 bridgehead atoms. The van der Waals surface area contributed by atoms with Crippen molar-refractivity contribution in [2.24, 2.45) is 0 Å². The van der Waals surface area contributed by atoms with Gasteiger partial charge in [0.15, 0.2) is 11.5 Å². The number of carbonyl (C=O) groups is 2. The Morgan fingerprint density at radius 2 is 1.72 bits per heavy atom. The van der Waals surface area contributed by atoms with Gasteiger partial charge in [-0.1, -0.05) is 36.4 Å². The number of hydrogen-bond donors (Lipinski definition) is 2. The molecule has 1 aliphatic heterocycles. The van der Waals surface area contributed by atoms with Crippen molar-refractivity contribution in [3.63, 3.8) is 0 Å². The van der Waals surface area contributed by atoms with E-state index < -0.39 is 0 Å².